The third-order valence-corrected chi connectivity index (χ3v) is 6.64. The van der Waals surface area contributed by atoms with Crippen LogP contribution in [0.4, 0.5) is 8.78 Å². The van der Waals surface area contributed by atoms with Gasteiger partial charge in [-0.25, -0.2) is 8.78 Å². The summed E-state index contributed by atoms with van der Waals surface area (Å²) in [6.45, 7) is 0.643. The molecule has 1 atom stereocenters. The summed E-state index contributed by atoms with van der Waals surface area (Å²) >= 11 is 0. The van der Waals surface area contributed by atoms with Crippen LogP contribution in [0.3, 0.4) is 0 Å². The molecule has 0 saturated carbocycles. The lowest BCUT2D eigenvalue weighted by Crippen LogP contribution is -2.24. The van der Waals surface area contributed by atoms with Gasteiger partial charge in [0.25, 0.3) is 0 Å². The van der Waals surface area contributed by atoms with Crippen LogP contribution in [-0.2, 0) is 4.74 Å². The zero-order valence-corrected chi connectivity index (χ0v) is 20.8. The molecule has 1 saturated heterocycles. The first-order chi connectivity index (χ1) is 19.0. The van der Waals surface area contributed by atoms with Gasteiger partial charge < -0.3 is 9.47 Å². The van der Waals surface area contributed by atoms with E-state index in [4.69, 9.17) is 9.47 Å². The van der Waals surface area contributed by atoms with Gasteiger partial charge >= 0.3 is 0 Å². The van der Waals surface area contributed by atoms with Crippen LogP contribution in [0.5, 0.6) is 5.75 Å². The highest BCUT2D eigenvalue weighted by Crippen LogP contribution is 2.35. The molecule has 0 amide bonds. The van der Waals surface area contributed by atoms with E-state index in [0.717, 1.165) is 19.3 Å². The van der Waals surface area contributed by atoms with Gasteiger partial charge in [-0.05, 0) is 66.4 Å². The first kappa shape index (κ1) is 25.8. The summed E-state index contributed by atoms with van der Waals surface area (Å²) in [5.74, 6) is -1.22. The molecule has 5 nitrogen and oxygen atoms in total. The number of nitriles is 2. The van der Waals surface area contributed by atoms with Crippen molar-refractivity contribution in [3.8, 4) is 40.1 Å². The van der Waals surface area contributed by atoms with Crippen molar-refractivity contribution in [1.29, 1.82) is 10.5 Å². The molecule has 0 aromatic heterocycles. The summed E-state index contributed by atoms with van der Waals surface area (Å²) in [5.41, 5.74) is 1.49. The molecular weight excluding hydrogens is 498 g/mol. The van der Waals surface area contributed by atoms with Crippen molar-refractivity contribution in [2.45, 2.75) is 25.6 Å². The van der Waals surface area contributed by atoms with Gasteiger partial charge in [-0.1, -0.05) is 36.4 Å². The average molecular weight is 521 g/mol. The number of hydrogen-bond donors (Lipinski definition) is 0. The number of carbonyl (C=O) groups is 1. The molecule has 4 aromatic carbocycles. The second kappa shape index (κ2) is 11.3. The third-order valence-electron chi connectivity index (χ3n) is 6.64. The maximum Gasteiger partial charge on any atom is 0.199 e. The Hall–Kier alpha value is -4.85. The first-order valence-electron chi connectivity index (χ1n) is 12.4. The highest BCUT2D eigenvalue weighted by molar-refractivity contribution is 6.13. The molecule has 39 heavy (non-hydrogen) atoms. The number of benzene rings is 4. The van der Waals surface area contributed by atoms with Gasteiger partial charge in [-0.3, -0.25) is 4.79 Å². The molecule has 1 aliphatic rings. The van der Waals surface area contributed by atoms with Crippen molar-refractivity contribution >= 4 is 5.78 Å². The van der Waals surface area contributed by atoms with E-state index in [1.165, 1.54) is 24.3 Å². The van der Waals surface area contributed by atoms with Crippen LogP contribution in [0, 0.1) is 34.3 Å². The average Bonchev–Trinajstić information content (AvgIpc) is 2.97. The Labute approximate surface area is 224 Å². The fourth-order valence-electron chi connectivity index (χ4n) is 4.67. The van der Waals surface area contributed by atoms with E-state index in [2.05, 4.69) is 0 Å². The Morgan fingerprint density at radius 1 is 0.821 bits per heavy atom. The van der Waals surface area contributed by atoms with Crippen LogP contribution < -0.4 is 4.74 Å². The Morgan fingerprint density at radius 2 is 1.49 bits per heavy atom. The SMILES string of the molecule is N#Cc1c(F)cccc1-c1ccc(-c2cccc(F)c2C#N)c(C(=O)c2ccc(OC3CCCCO3)cc2)c1. The van der Waals surface area contributed by atoms with Crippen molar-refractivity contribution in [2.75, 3.05) is 6.61 Å². The summed E-state index contributed by atoms with van der Waals surface area (Å²) in [5, 5.41) is 19.2. The van der Waals surface area contributed by atoms with Crippen molar-refractivity contribution in [3.63, 3.8) is 0 Å². The molecule has 7 heteroatoms. The number of hydrogen-bond acceptors (Lipinski definition) is 5. The largest absolute Gasteiger partial charge is 0.465 e. The monoisotopic (exact) mass is 520 g/mol. The van der Waals surface area contributed by atoms with Gasteiger partial charge in [0.2, 0.25) is 0 Å². The summed E-state index contributed by atoms with van der Waals surface area (Å²) in [7, 11) is 0. The standard InChI is InChI=1S/C32H22F2N2O3/c33-29-7-3-5-23(27(29)18-35)21-12-15-25(24-6-4-8-30(34)28(24)19-36)26(17-21)32(37)20-10-13-22(14-11-20)39-31-9-1-2-16-38-31/h3-8,10-15,17,31H,1-2,9,16H2. The maximum absolute atomic E-state index is 14.5. The Morgan fingerprint density at radius 3 is 2.13 bits per heavy atom. The van der Waals surface area contributed by atoms with E-state index in [9.17, 15) is 24.1 Å². The van der Waals surface area contributed by atoms with Crippen LogP contribution >= 0.6 is 0 Å². The van der Waals surface area contributed by atoms with Crippen LogP contribution in [0.1, 0.15) is 46.3 Å². The minimum Gasteiger partial charge on any atom is -0.465 e. The molecule has 192 valence electrons. The van der Waals surface area contributed by atoms with Crippen LogP contribution in [-0.4, -0.2) is 18.7 Å². The van der Waals surface area contributed by atoms with Gasteiger partial charge in [0.1, 0.15) is 29.5 Å². The zero-order valence-electron chi connectivity index (χ0n) is 20.8. The molecule has 0 spiro atoms. The molecule has 5 rings (SSSR count). The van der Waals surface area contributed by atoms with E-state index >= 15 is 0 Å². The van der Waals surface area contributed by atoms with Gasteiger partial charge in [0, 0.05) is 28.7 Å². The summed E-state index contributed by atoms with van der Waals surface area (Å²) in [6, 6.07) is 23.6. The molecule has 0 N–H and O–H groups in total. The highest BCUT2D eigenvalue weighted by atomic mass is 19.1. The lowest BCUT2D eigenvalue weighted by Gasteiger charge is -2.23. The van der Waals surface area contributed by atoms with Crippen molar-refractivity contribution < 1.29 is 23.0 Å². The fraction of sp³-hybridized carbons (Fsp3) is 0.156. The predicted octanol–water partition coefficient (Wildman–Crippen LogP) is 7.18. The van der Waals surface area contributed by atoms with Crippen LogP contribution in [0.15, 0.2) is 78.9 Å². The summed E-state index contributed by atoms with van der Waals surface area (Å²) in [6.07, 6.45) is 2.47. The molecule has 1 unspecified atom stereocenters. The van der Waals surface area contributed by atoms with Gasteiger partial charge in [0.05, 0.1) is 17.7 Å². The molecule has 4 aromatic rings. The molecule has 1 aliphatic heterocycles. The Balaban J connectivity index is 1.59. The number of rotatable bonds is 6. The summed E-state index contributed by atoms with van der Waals surface area (Å²) in [4.78, 5) is 13.9. The fourth-order valence-corrected chi connectivity index (χ4v) is 4.67. The number of carbonyl (C=O) groups excluding carboxylic acids is 1. The zero-order chi connectivity index (χ0) is 27.4. The number of nitrogens with zero attached hydrogens (tertiary/aromatic N) is 2. The predicted molar refractivity (Wildman–Crippen MR) is 141 cm³/mol. The van der Waals surface area contributed by atoms with E-state index < -0.39 is 17.4 Å². The second-order valence-corrected chi connectivity index (χ2v) is 9.08. The second-order valence-electron chi connectivity index (χ2n) is 9.08. The van der Waals surface area contributed by atoms with Crippen LogP contribution in [0.2, 0.25) is 0 Å². The minimum atomic E-state index is -0.708. The number of ether oxygens (including phenoxy) is 2. The minimum absolute atomic E-state index is 0.154. The molecule has 1 fully saturated rings. The van der Waals surface area contributed by atoms with Gasteiger partial charge in [-0.2, -0.15) is 10.5 Å². The maximum atomic E-state index is 14.5. The smallest absolute Gasteiger partial charge is 0.199 e. The lowest BCUT2D eigenvalue weighted by molar-refractivity contribution is -0.105. The third kappa shape index (κ3) is 5.27. The quantitative estimate of drug-likeness (QED) is 0.252. The number of ketones is 1. The molecular formula is C32H22F2N2O3. The van der Waals surface area contributed by atoms with E-state index in [1.807, 2.05) is 12.1 Å². The molecule has 0 aliphatic carbocycles. The van der Waals surface area contributed by atoms with Gasteiger partial charge in [-0.15, -0.1) is 0 Å². The van der Waals surface area contributed by atoms with Gasteiger partial charge in [0.15, 0.2) is 12.1 Å². The van der Waals surface area contributed by atoms with E-state index in [0.29, 0.717) is 34.6 Å². The van der Waals surface area contributed by atoms with E-state index in [1.54, 1.807) is 54.6 Å². The van der Waals surface area contributed by atoms with Crippen molar-refractivity contribution in [2.24, 2.45) is 0 Å². The Kier molecular flexibility index (Phi) is 7.45. The van der Waals surface area contributed by atoms with E-state index in [-0.39, 0.29) is 28.5 Å². The normalized spacial score (nSPS) is 14.7. The van der Waals surface area contributed by atoms with Crippen molar-refractivity contribution in [3.05, 3.63) is 113 Å². The summed E-state index contributed by atoms with van der Waals surface area (Å²) < 4.78 is 40.4. The highest BCUT2D eigenvalue weighted by Gasteiger charge is 2.21. The van der Waals surface area contributed by atoms with Crippen molar-refractivity contribution in [1.82, 2.24) is 0 Å². The molecule has 1 heterocycles. The molecule has 0 radical (unpaired) electrons. The van der Waals surface area contributed by atoms with Crippen LogP contribution in [0.25, 0.3) is 22.3 Å². The molecule has 0 bridgehead atoms. The number of halogens is 2. The lowest BCUT2D eigenvalue weighted by atomic mass is 9.88. The Bertz CT molecular complexity index is 1630. The first-order valence-corrected chi connectivity index (χ1v) is 12.4. The topological polar surface area (TPSA) is 83.1 Å².